The van der Waals surface area contributed by atoms with Gasteiger partial charge in [-0.25, -0.2) is 8.42 Å². The molecule has 1 aromatic rings. The van der Waals surface area contributed by atoms with Crippen LogP contribution in [-0.4, -0.2) is 60.8 Å². The Morgan fingerprint density at radius 3 is 2.15 bits per heavy atom. The van der Waals surface area contributed by atoms with Crippen LogP contribution < -0.4 is 0 Å². The number of hydrogen-bond donors (Lipinski definition) is 1. The van der Waals surface area contributed by atoms with E-state index in [2.05, 4.69) is 0 Å². The largest absolute Gasteiger partial charge is 0.481 e. The van der Waals surface area contributed by atoms with Crippen LogP contribution in [0.1, 0.15) is 33.1 Å². The van der Waals surface area contributed by atoms with Crippen molar-refractivity contribution in [3.05, 3.63) is 30.3 Å². The summed E-state index contributed by atoms with van der Waals surface area (Å²) in [6.45, 7) is 4.79. The van der Waals surface area contributed by atoms with Gasteiger partial charge in [0.25, 0.3) is 0 Å². The van der Waals surface area contributed by atoms with E-state index in [1.54, 1.807) is 42.2 Å². The van der Waals surface area contributed by atoms with Gasteiger partial charge in [-0.3, -0.25) is 9.59 Å². The number of nitrogens with zero attached hydrogens (tertiary/aromatic N) is 2. The predicted octanol–water partition coefficient (Wildman–Crippen LogP) is 1.80. The Morgan fingerprint density at radius 1 is 1.08 bits per heavy atom. The third-order valence-electron chi connectivity index (χ3n) is 4.98. The Kier molecular flexibility index (Phi) is 6.41. The van der Waals surface area contributed by atoms with Crippen LogP contribution in [0.3, 0.4) is 0 Å². The molecule has 1 aliphatic rings. The summed E-state index contributed by atoms with van der Waals surface area (Å²) in [4.78, 5) is 25.4. The summed E-state index contributed by atoms with van der Waals surface area (Å²) in [6, 6.07) is 8.25. The van der Waals surface area contributed by atoms with E-state index in [-0.39, 0.29) is 36.7 Å². The lowest BCUT2D eigenvalue weighted by atomic mass is 9.80. The van der Waals surface area contributed by atoms with Crippen molar-refractivity contribution in [3.8, 4) is 0 Å². The van der Waals surface area contributed by atoms with Crippen LogP contribution >= 0.6 is 0 Å². The van der Waals surface area contributed by atoms with Gasteiger partial charge in [0.2, 0.25) is 15.9 Å². The highest BCUT2D eigenvalue weighted by Crippen LogP contribution is 2.31. The summed E-state index contributed by atoms with van der Waals surface area (Å²) in [5.74, 6) is -1.03. The van der Waals surface area contributed by atoms with Crippen LogP contribution in [0.5, 0.6) is 0 Å². The van der Waals surface area contributed by atoms with Crippen molar-refractivity contribution in [3.63, 3.8) is 0 Å². The summed E-state index contributed by atoms with van der Waals surface area (Å²) in [7, 11) is -3.55. The third kappa shape index (κ3) is 4.82. The second kappa shape index (κ2) is 8.18. The van der Waals surface area contributed by atoms with E-state index in [1.165, 1.54) is 4.31 Å². The molecule has 1 unspecified atom stereocenters. The molecule has 2 rings (SSSR count). The maximum Gasteiger partial charge on any atom is 0.303 e. The second-order valence-electron chi connectivity index (χ2n) is 7.01. The van der Waals surface area contributed by atoms with Crippen molar-refractivity contribution in [1.29, 1.82) is 0 Å². The normalized spacial score (nSPS) is 18.3. The lowest BCUT2D eigenvalue weighted by molar-refractivity contribution is -0.141. The number of carbonyl (C=O) groups is 2. The SMILES string of the molecule is CCC(C)(CC(=O)O)CC(=O)N1CCN(S(=O)(=O)c2ccccc2)CC1. The van der Waals surface area contributed by atoms with E-state index in [1.807, 2.05) is 6.92 Å². The summed E-state index contributed by atoms with van der Waals surface area (Å²) in [5.41, 5.74) is -0.587. The summed E-state index contributed by atoms with van der Waals surface area (Å²) in [5, 5.41) is 9.04. The molecule has 0 aromatic heterocycles. The van der Waals surface area contributed by atoms with Crippen LogP contribution in [0.25, 0.3) is 0 Å². The zero-order valence-electron chi connectivity index (χ0n) is 15.2. The van der Waals surface area contributed by atoms with Crippen molar-refractivity contribution < 1.29 is 23.1 Å². The molecule has 1 fully saturated rings. The number of carboxylic acids is 1. The van der Waals surface area contributed by atoms with E-state index in [9.17, 15) is 18.0 Å². The fourth-order valence-corrected chi connectivity index (χ4v) is 4.52. The Balaban J connectivity index is 1.97. The average molecular weight is 382 g/mol. The first kappa shape index (κ1) is 20.4. The molecule has 0 bridgehead atoms. The molecular formula is C18H26N2O5S. The monoisotopic (exact) mass is 382 g/mol. The predicted molar refractivity (Wildman–Crippen MR) is 97.0 cm³/mol. The molecule has 1 aliphatic heterocycles. The molecule has 26 heavy (non-hydrogen) atoms. The van der Waals surface area contributed by atoms with E-state index in [0.29, 0.717) is 19.5 Å². The van der Waals surface area contributed by atoms with Crippen LogP contribution in [0.15, 0.2) is 35.2 Å². The number of carboxylic acid groups (broad SMARTS) is 1. The van der Waals surface area contributed by atoms with Crippen molar-refractivity contribution in [2.75, 3.05) is 26.2 Å². The number of hydrogen-bond acceptors (Lipinski definition) is 4. The highest BCUT2D eigenvalue weighted by atomic mass is 32.2. The number of rotatable bonds is 7. The van der Waals surface area contributed by atoms with E-state index < -0.39 is 21.4 Å². The number of benzene rings is 1. The molecule has 1 aromatic carbocycles. The summed E-state index contributed by atoms with van der Waals surface area (Å²) >= 11 is 0. The molecule has 1 heterocycles. The maximum atomic E-state index is 12.6. The quantitative estimate of drug-likeness (QED) is 0.776. The average Bonchev–Trinajstić information content (AvgIpc) is 2.62. The van der Waals surface area contributed by atoms with Crippen molar-refractivity contribution >= 4 is 21.9 Å². The van der Waals surface area contributed by atoms with Crippen molar-refractivity contribution in [1.82, 2.24) is 9.21 Å². The Hall–Kier alpha value is -1.93. The minimum absolute atomic E-state index is 0.0579. The van der Waals surface area contributed by atoms with Gasteiger partial charge in [0, 0.05) is 32.6 Å². The molecule has 0 spiro atoms. The second-order valence-corrected chi connectivity index (χ2v) is 8.95. The van der Waals surface area contributed by atoms with Gasteiger partial charge in [-0.15, -0.1) is 0 Å². The Labute approximate surface area is 154 Å². The van der Waals surface area contributed by atoms with E-state index in [4.69, 9.17) is 5.11 Å². The number of sulfonamides is 1. The third-order valence-corrected chi connectivity index (χ3v) is 6.89. The van der Waals surface area contributed by atoms with Crippen molar-refractivity contribution in [2.24, 2.45) is 5.41 Å². The first-order valence-electron chi connectivity index (χ1n) is 8.73. The summed E-state index contributed by atoms with van der Waals surface area (Å²) < 4.78 is 26.6. The molecule has 1 amide bonds. The van der Waals surface area contributed by atoms with Gasteiger partial charge in [-0.2, -0.15) is 4.31 Å². The van der Waals surface area contributed by atoms with Crippen LogP contribution in [0.2, 0.25) is 0 Å². The van der Waals surface area contributed by atoms with E-state index >= 15 is 0 Å². The molecule has 8 heteroatoms. The van der Waals surface area contributed by atoms with E-state index in [0.717, 1.165) is 0 Å². The number of aliphatic carboxylic acids is 1. The molecular weight excluding hydrogens is 356 g/mol. The number of piperazine rings is 1. The van der Waals surface area contributed by atoms with Gasteiger partial charge < -0.3 is 10.0 Å². The van der Waals surface area contributed by atoms with Crippen molar-refractivity contribution in [2.45, 2.75) is 38.0 Å². The van der Waals surface area contributed by atoms with Gasteiger partial charge in [-0.1, -0.05) is 32.0 Å². The molecule has 1 saturated heterocycles. The molecule has 0 radical (unpaired) electrons. The lowest BCUT2D eigenvalue weighted by Crippen LogP contribution is -2.51. The molecule has 1 N–H and O–H groups in total. The zero-order valence-corrected chi connectivity index (χ0v) is 16.0. The number of carbonyl (C=O) groups excluding carboxylic acids is 1. The fraction of sp³-hybridized carbons (Fsp3) is 0.556. The molecule has 144 valence electrons. The van der Waals surface area contributed by atoms with Gasteiger partial charge in [0.1, 0.15) is 0 Å². The first-order valence-corrected chi connectivity index (χ1v) is 10.2. The van der Waals surface area contributed by atoms with Crippen LogP contribution in [0.4, 0.5) is 0 Å². The fourth-order valence-electron chi connectivity index (χ4n) is 3.07. The highest BCUT2D eigenvalue weighted by molar-refractivity contribution is 7.89. The molecule has 0 saturated carbocycles. The molecule has 0 aliphatic carbocycles. The molecule has 7 nitrogen and oxygen atoms in total. The Bertz CT molecular complexity index is 742. The lowest BCUT2D eigenvalue weighted by Gasteiger charge is -2.36. The van der Waals surface area contributed by atoms with Gasteiger partial charge >= 0.3 is 5.97 Å². The van der Waals surface area contributed by atoms with Gasteiger partial charge in [-0.05, 0) is 24.0 Å². The smallest absolute Gasteiger partial charge is 0.303 e. The minimum atomic E-state index is -3.55. The minimum Gasteiger partial charge on any atom is -0.481 e. The summed E-state index contributed by atoms with van der Waals surface area (Å²) in [6.07, 6.45) is 0.687. The topological polar surface area (TPSA) is 95.0 Å². The standard InChI is InChI=1S/C18H26N2O5S/c1-3-18(2,14-17(22)23)13-16(21)19-9-11-20(12-10-19)26(24,25)15-7-5-4-6-8-15/h4-8H,3,9-14H2,1-2H3,(H,22,23). The first-order chi connectivity index (χ1) is 12.2. The Morgan fingerprint density at radius 2 is 1.65 bits per heavy atom. The molecule has 1 atom stereocenters. The maximum absolute atomic E-state index is 12.6. The van der Waals surface area contributed by atoms with Crippen LogP contribution in [0, 0.1) is 5.41 Å². The zero-order chi connectivity index (χ0) is 19.4. The highest BCUT2D eigenvalue weighted by Gasteiger charge is 2.34. The van der Waals surface area contributed by atoms with Gasteiger partial charge in [0.05, 0.1) is 11.3 Å². The van der Waals surface area contributed by atoms with Crippen LogP contribution in [-0.2, 0) is 19.6 Å². The van der Waals surface area contributed by atoms with Gasteiger partial charge in [0.15, 0.2) is 0 Å². The number of amides is 1.